The predicted molar refractivity (Wildman–Crippen MR) is 149 cm³/mol. The Labute approximate surface area is 211 Å². The van der Waals surface area contributed by atoms with E-state index in [0.29, 0.717) is 5.69 Å². The number of anilines is 3. The number of ether oxygens (including phenoxy) is 2. The van der Waals surface area contributed by atoms with Crippen LogP contribution in [0.15, 0.2) is 72.8 Å². The smallest absolute Gasteiger partial charge is 0.119 e. The minimum Gasteiger partial charge on any atom is -0.508 e. The van der Waals surface area contributed by atoms with Gasteiger partial charge in [0, 0.05) is 17.1 Å². The second-order valence-corrected chi connectivity index (χ2v) is 8.19. The Bertz CT molecular complexity index is 862. The van der Waals surface area contributed by atoms with Crippen LogP contribution in [0.5, 0.6) is 17.2 Å². The summed E-state index contributed by atoms with van der Waals surface area (Å²) in [5, 5.41) is 8.70. The van der Waals surface area contributed by atoms with Crippen LogP contribution < -0.4 is 26.7 Å². The van der Waals surface area contributed by atoms with E-state index in [1.807, 2.05) is 48.5 Å². The van der Waals surface area contributed by atoms with Crippen molar-refractivity contribution in [2.45, 2.75) is 58.8 Å². The molecule has 3 aromatic rings. The van der Waals surface area contributed by atoms with E-state index in [-0.39, 0.29) is 5.75 Å². The monoisotopic (exact) mass is 481 g/mol. The van der Waals surface area contributed by atoms with Crippen LogP contribution in [0.1, 0.15) is 58.8 Å². The number of phenols is 1. The van der Waals surface area contributed by atoms with E-state index in [1.54, 1.807) is 24.3 Å². The molecule has 0 aliphatic heterocycles. The fraction of sp³-hybridized carbons (Fsp3) is 0.379. The standard InChI is InChI=1S/C12H19NO.C11H17NO.C6H7NO/c1-2-3-4-5-10-14-12-8-6-11(13)7-9-12;1-2-3-4-9-13-11-7-5-10(12)6-8-11;7-5-1-3-6(8)4-2-5/h6-9H,2-5,10,13H2,1H3;5-8H,2-4,9,12H2,1H3;1-4,8H,7H2. The van der Waals surface area contributed by atoms with E-state index in [0.717, 1.165) is 48.9 Å². The van der Waals surface area contributed by atoms with E-state index in [1.165, 1.54) is 32.1 Å². The Morgan fingerprint density at radius 1 is 0.514 bits per heavy atom. The van der Waals surface area contributed by atoms with Gasteiger partial charge in [-0.2, -0.15) is 0 Å². The van der Waals surface area contributed by atoms with Gasteiger partial charge in [-0.3, -0.25) is 0 Å². The van der Waals surface area contributed by atoms with Crippen molar-refractivity contribution in [3.8, 4) is 17.2 Å². The van der Waals surface area contributed by atoms with E-state index in [9.17, 15) is 0 Å². The van der Waals surface area contributed by atoms with E-state index in [4.69, 9.17) is 31.8 Å². The molecule has 3 rings (SSSR count). The number of nitrogens with two attached hydrogens (primary N) is 3. The van der Waals surface area contributed by atoms with Gasteiger partial charge in [0.05, 0.1) is 13.2 Å². The van der Waals surface area contributed by atoms with Crippen molar-refractivity contribution in [1.29, 1.82) is 0 Å². The molecule has 0 spiro atoms. The summed E-state index contributed by atoms with van der Waals surface area (Å²) in [6.45, 7) is 6.01. The normalized spacial score (nSPS) is 9.77. The van der Waals surface area contributed by atoms with Gasteiger partial charge in [-0.05, 0) is 85.6 Å². The molecule has 0 aliphatic carbocycles. The van der Waals surface area contributed by atoms with E-state index < -0.39 is 0 Å². The molecule has 0 aliphatic rings. The molecular formula is C29H43N3O3. The van der Waals surface area contributed by atoms with Gasteiger partial charge in [0.1, 0.15) is 17.2 Å². The fourth-order valence-corrected chi connectivity index (χ4v) is 2.86. The minimum absolute atomic E-state index is 0.249. The average molecular weight is 482 g/mol. The van der Waals surface area contributed by atoms with Gasteiger partial charge in [0.2, 0.25) is 0 Å². The van der Waals surface area contributed by atoms with Crippen LogP contribution >= 0.6 is 0 Å². The number of phenolic OH excluding ortho intramolecular Hbond substituents is 1. The van der Waals surface area contributed by atoms with E-state index >= 15 is 0 Å². The molecule has 0 amide bonds. The average Bonchev–Trinajstić information content (AvgIpc) is 2.87. The Kier molecular flexibility index (Phi) is 15.9. The molecule has 0 fully saturated rings. The SMILES string of the molecule is CCCCCCOc1ccc(N)cc1.CCCCCOc1ccc(N)cc1.Nc1ccc(O)cc1. The topological polar surface area (TPSA) is 117 Å². The molecule has 7 N–H and O–H groups in total. The molecule has 0 atom stereocenters. The molecule has 3 aromatic carbocycles. The summed E-state index contributed by atoms with van der Waals surface area (Å²) < 4.78 is 11.1. The second-order valence-electron chi connectivity index (χ2n) is 8.19. The van der Waals surface area contributed by atoms with Crippen LogP contribution in [0, 0.1) is 0 Å². The molecule has 0 radical (unpaired) electrons. The van der Waals surface area contributed by atoms with Gasteiger partial charge in [-0.1, -0.05) is 46.0 Å². The minimum atomic E-state index is 0.249. The van der Waals surface area contributed by atoms with Gasteiger partial charge < -0.3 is 31.8 Å². The first-order valence-electron chi connectivity index (χ1n) is 12.5. The van der Waals surface area contributed by atoms with Crippen molar-refractivity contribution in [2.24, 2.45) is 0 Å². The Hall–Kier alpha value is -3.54. The molecule has 0 heterocycles. The Balaban J connectivity index is 0.000000272. The number of unbranched alkanes of at least 4 members (excludes halogenated alkanes) is 5. The third-order valence-electron chi connectivity index (χ3n) is 4.94. The molecule has 6 heteroatoms. The highest BCUT2D eigenvalue weighted by Gasteiger charge is 1.94. The zero-order chi connectivity index (χ0) is 25.7. The summed E-state index contributed by atoms with van der Waals surface area (Å²) in [6, 6.07) is 21.5. The van der Waals surface area contributed by atoms with Gasteiger partial charge in [-0.25, -0.2) is 0 Å². The van der Waals surface area contributed by atoms with Crippen LogP contribution in [-0.4, -0.2) is 18.3 Å². The fourth-order valence-electron chi connectivity index (χ4n) is 2.86. The summed E-state index contributed by atoms with van der Waals surface area (Å²) in [5.41, 5.74) is 18.7. The number of hydrogen-bond donors (Lipinski definition) is 4. The van der Waals surface area contributed by atoms with Crippen LogP contribution in [-0.2, 0) is 0 Å². The summed E-state index contributed by atoms with van der Waals surface area (Å²) in [7, 11) is 0. The van der Waals surface area contributed by atoms with Crippen molar-refractivity contribution in [1.82, 2.24) is 0 Å². The molecule has 6 nitrogen and oxygen atoms in total. The number of rotatable bonds is 11. The number of aromatic hydroxyl groups is 1. The van der Waals surface area contributed by atoms with Crippen LogP contribution in [0.4, 0.5) is 17.1 Å². The molecule has 0 saturated heterocycles. The van der Waals surface area contributed by atoms with Gasteiger partial charge in [-0.15, -0.1) is 0 Å². The Morgan fingerprint density at radius 3 is 1.23 bits per heavy atom. The maximum Gasteiger partial charge on any atom is 0.119 e. The molecule has 0 saturated carbocycles. The quantitative estimate of drug-likeness (QED) is 0.133. The molecule has 0 bridgehead atoms. The van der Waals surface area contributed by atoms with Crippen LogP contribution in [0.2, 0.25) is 0 Å². The van der Waals surface area contributed by atoms with Crippen molar-refractivity contribution in [2.75, 3.05) is 30.4 Å². The highest BCUT2D eigenvalue weighted by Crippen LogP contribution is 2.14. The van der Waals surface area contributed by atoms with Crippen LogP contribution in [0.3, 0.4) is 0 Å². The maximum atomic E-state index is 8.70. The molecule has 0 aromatic heterocycles. The first-order valence-corrected chi connectivity index (χ1v) is 12.5. The van der Waals surface area contributed by atoms with Crippen molar-refractivity contribution < 1.29 is 14.6 Å². The first kappa shape index (κ1) is 29.5. The van der Waals surface area contributed by atoms with Gasteiger partial charge >= 0.3 is 0 Å². The zero-order valence-corrected chi connectivity index (χ0v) is 21.3. The molecular weight excluding hydrogens is 438 g/mol. The van der Waals surface area contributed by atoms with Gasteiger partial charge in [0.25, 0.3) is 0 Å². The lowest BCUT2D eigenvalue weighted by molar-refractivity contribution is 0.305. The van der Waals surface area contributed by atoms with Crippen molar-refractivity contribution in [3.63, 3.8) is 0 Å². The third kappa shape index (κ3) is 15.8. The molecule has 35 heavy (non-hydrogen) atoms. The molecule has 192 valence electrons. The lowest BCUT2D eigenvalue weighted by Crippen LogP contribution is -1.97. The number of hydrogen-bond acceptors (Lipinski definition) is 6. The summed E-state index contributed by atoms with van der Waals surface area (Å²) in [4.78, 5) is 0. The summed E-state index contributed by atoms with van der Waals surface area (Å²) in [6.07, 6.45) is 8.54. The second kappa shape index (κ2) is 18.8. The third-order valence-corrected chi connectivity index (χ3v) is 4.94. The first-order chi connectivity index (χ1) is 16.9. The van der Waals surface area contributed by atoms with Gasteiger partial charge in [0.15, 0.2) is 0 Å². The lowest BCUT2D eigenvalue weighted by Gasteiger charge is -2.05. The highest BCUT2D eigenvalue weighted by molar-refractivity contribution is 5.42. The summed E-state index contributed by atoms with van der Waals surface area (Å²) in [5.74, 6) is 2.07. The lowest BCUT2D eigenvalue weighted by atomic mass is 10.2. The van der Waals surface area contributed by atoms with Crippen molar-refractivity contribution >= 4 is 17.1 Å². The number of nitrogen functional groups attached to an aromatic ring is 3. The van der Waals surface area contributed by atoms with Crippen molar-refractivity contribution in [3.05, 3.63) is 72.8 Å². The number of benzene rings is 3. The predicted octanol–water partition coefficient (Wildman–Crippen LogP) is 7.04. The van der Waals surface area contributed by atoms with Crippen LogP contribution in [0.25, 0.3) is 0 Å². The van der Waals surface area contributed by atoms with E-state index in [2.05, 4.69) is 13.8 Å². The zero-order valence-electron chi connectivity index (χ0n) is 21.3. The highest BCUT2D eigenvalue weighted by atomic mass is 16.5. The summed E-state index contributed by atoms with van der Waals surface area (Å²) >= 11 is 0. The maximum absolute atomic E-state index is 8.70. The molecule has 0 unspecified atom stereocenters. The largest absolute Gasteiger partial charge is 0.508 e. The Morgan fingerprint density at radius 2 is 0.857 bits per heavy atom.